The quantitative estimate of drug-likeness (QED) is 0.824. The average molecular weight is 375 g/mol. The van der Waals surface area contributed by atoms with Gasteiger partial charge in [-0.1, -0.05) is 0 Å². The summed E-state index contributed by atoms with van der Waals surface area (Å²) in [6.07, 6.45) is 4.55. The Bertz CT molecular complexity index is 848. The van der Waals surface area contributed by atoms with Crippen LogP contribution < -0.4 is 10.6 Å². The molecule has 26 heavy (non-hydrogen) atoms. The van der Waals surface area contributed by atoms with Gasteiger partial charge in [-0.2, -0.15) is 4.31 Å². The number of nitrogens with one attached hydrogen (secondary N) is 2. The van der Waals surface area contributed by atoms with Gasteiger partial charge < -0.3 is 10.6 Å². The zero-order chi connectivity index (χ0) is 18.6. The molecule has 0 aliphatic carbocycles. The highest BCUT2D eigenvalue weighted by Gasteiger charge is 2.29. The van der Waals surface area contributed by atoms with E-state index < -0.39 is 10.0 Å². The van der Waals surface area contributed by atoms with Crippen LogP contribution in [0.25, 0.3) is 0 Å². The zero-order valence-corrected chi connectivity index (χ0v) is 15.2. The van der Waals surface area contributed by atoms with E-state index in [-0.39, 0.29) is 16.8 Å². The van der Waals surface area contributed by atoms with Gasteiger partial charge in [-0.15, -0.1) is 0 Å². The lowest BCUT2D eigenvalue weighted by atomic mass is 10.1. The summed E-state index contributed by atoms with van der Waals surface area (Å²) in [7, 11) is -3.54. The van der Waals surface area contributed by atoms with Crippen molar-refractivity contribution in [2.75, 3.05) is 23.7 Å². The topological polar surface area (TPSA) is 104 Å². The maximum Gasteiger partial charge on any atom is 0.243 e. The lowest BCUT2D eigenvalue weighted by Gasteiger charge is -2.31. The van der Waals surface area contributed by atoms with Gasteiger partial charge in [0.15, 0.2) is 0 Å². The highest BCUT2D eigenvalue weighted by atomic mass is 32.2. The monoisotopic (exact) mass is 375 g/mol. The Morgan fingerprint density at radius 1 is 1.15 bits per heavy atom. The van der Waals surface area contributed by atoms with Crippen molar-refractivity contribution in [1.29, 1.82) is 0 Å². The van der Waals surface area contributed by atoms with Crippen LogP contribution in [-0.2, 0) is 14.8 Å². The first-order chi connectivity index (χ1) is 12.4. The molecule has 0 bridgehead atoms. The van der Waals surface area contributed by atoms with Crippen LogP contribution in [-0.4, -0.2) is 47.7 Å². The largest absolute Gasteiger partial charge is 0.367 e. The molecule has 0 saturated carbocycles. The van der Waals surface area contributed by atoms with Crippen LogP contribution >= 0.6 is 0 Å². The van der Waals surface area contributed by atoms with E-state index in [1.807, 2.05) is 0 Å². The number of sulfonamides is 1. The van der Waals surface area contributed by atoms with E-state index in [1.165, 1.54) is 29.7 Å². The minimum Gasteiger partial charge on any atom is -0.367 e. The van der Waals surface area contributed by atoms with Crippen molar-refractivity contribution in [2.45, 2.75) is 30.7 Å². The first kappa shape index (κ1) is 18.3. The van der Waals surface area contributed by atoms with Crippen LogP contribution in [0.1, 0.15) is 19.8 Å². The molecule has 1 amide bonds. The molecule has 2 N–H and O–H groups in total. The molecule has 8 nitrogen and oxygen atoms in total. The fraction of sp³-hybridized carbons (Fsp3) is 0.353. The number of aromatic nitrogens is 2. The Hall–Kier alpha value is -2.52. The van der Waals surface area contributed by atoms with Crippen molar-refractivity contribution in [3.8, 4) is 0 Å². The van der Waals surface area contributed by atoms with E-state index in [4.69, 9.17) is 0 Å². The molecule has 1 aliphatic heterocycles. The van der Waals surface area contributed by atoms with Gasteiger partial charge in [-0.05, 0) is 43.2 Å². The second-order valence-corrected chi connectivity index (χ2v) is 8.06. The molecule has 0 radical (unpaired) electrons. The van der Waals surface area contributed by atoms with Crippen LogP contribution in [0.4, 0.5) is 11.5 Å². The number of piperidine rings is 1. The minimum atomic E-state index is -3.54. The van der Waals surface area contributed by atoms with Crippen LogP contribution in [0.5, 0.6) is 0 Å². The lowest BCUT2D eigenvalue weighted by molar-refractivity contribution is -0.114. The number of rotatable bonds is 5. The molecule has 0 spiro atoms. The molecule has 2 aromatic rings. The van der Waals surface area contributed by atoms with Crippen molar-refractivity contribution >= 4 is 27.4 Å². The number of hydrogen-bond donors (Lipinski definition) is 2. The van der Waals surface area contributed by atoms with Crippen molar-refractivity contribution < 1.29 is 13.2 Å². The molecule has 138 valence electrons. The van der Waals surface area contributed by atoms with E-state index in [9.17, 15) is 13.2 Å². The van der Waals surface area contributed by atoms with Gasteiger partial charge >= 0.3 is 0 Å². The smallest absolute Gasteiger partial charge is 0.243 e. The lowest BCUT2D eigenvalue weighted by Crippen LogP contribution is -2.42. The van der Waals surface area contributed by atoms with Gasteiger partial charge in [0.2, 0.25) is 15.9 Å². The summed E-state index contributed by atoms with van der Waals surface area (Å²) in [6.45, 7) is 2.29. The first-order valence-corrected chi connectivity index (χ1v) is 9.79. The predicted molar refractivity (Wildman–Crippen MR) is 98.2 cm³/mol. The van der Waals surface area contributed by atoms with Crippen LogP contribution in [0.3, 0.4) is 0 Å². The summed E-state index contributed by atoms with van der Waals surface area (Å²) in [6, 6.07) is 8.20. The molecule has 0 unspecified atom stereocenters. The van der Waals surface area contributed by atoms with Crippen LogP contribution in [0, 0.1) is 0 Å². The fourth-order valence-corrected chi connectivity index (χ4v) is 4.36. The predicted octanol–water partition coefficient (Wildman–Crippen LogP) is 1.70. The van der Waals surface area contributed by atoms with Gasteiger partial charge in [0.05, 0.1) is 4.90 Å². The average Bonchev–Trinajstić information content (AvgIpc) is 2.63. The van der Waals surface area contributed by atoms with Gasteiger partial charge in [0.1, 0.15) is 12.1 Å². The van der Waals surface area contributed by atoms with Gasteiger partial charge in [0.25, 0.3) is 0 Å². The van der Waals surface area contributed by atoms with Crippen molar-refractivity contribution in [1.82, 2.24) is 14.3 Å². The SMILES string of the molecule is CC(=O)Nc1ccc(S(=O)(=O)N2CCC(Nc3ccncn3)CC2)cc1. The molecule has 1 aromatic heterocycles. The minimum absolute atomic E-state index is 0.179. The Morgan fingerprint density at radius 2 is 1.85 bits per heavy atom. The number of hydrogen-bond acceptors (Lipinski definition) is 6. The maximum atomic E-state index is 12.8. The number of amides is 1. The van der Waals surface area contributed by atoms with E-state index in [2.05, 4.69) is 20.6 Å². The molecule has 1 aliphatic rings. The second kappa shape index (κ2) is 7.79. The first-order valence-electron chi connectivity index (χ1n) is 8.35. The molecule has 1 aromatic carbocycles. The number of benzene rings is 1. The van der Waals surface area contributed by atoms with Crippen molar-refractivity contribution in [2.24, 2.45) is 0 Å². The van der Waals surface area contributed by atoms with E-state index in [1.54, 1.807) is 24.4 Å². The third-order valence-electron chi connectivity index (χ3n) is 4.20. The number of carbonyl (C=O) groups is 1. The van der Waals surface area contributed by atoms with Crippen molar-refractivity contribution in [3.63, 3.8) is 0 Å². The highest BCUT2D eigenvalue weighted by molar-refractivity contribution is 7.89. The van der Waals surface area contributed by atoms with Gasteiger partial charge in [0, 0.05) is 37.9 Å². The molecular weight excluding hydrogens is 354 g/mol. The number of nitrogens with zero attached hydrogens (tertiary/aromatic N) is 3. The normalized spacial score (nSPS) is 16.2. The molecule has 3 rings (SSSR count). The molecular formula is C17H21N5O3S. The molecule has 0 atom stereocenters. The molecule has 1 fully saturated rings. The third-order valence-corrected chi connectivity index (χ3v) is 6.11. The summed E-state index contributed by atoms with van der Waals surface area (Å²) in [5.74, 6) is 0.550. The molecule has 1 saturated heterocycles. The Morgan fingerprint density at radius 3 is 2.42 bits per heavy atom. The van der Waals surface area contributed by atoms with Crippen LogP contribution in [0.15, 0.2) is 47.8 Å². The number of carbonyl (C=O) groups excluding carboxylic acids is 1. The summed E-state index contributed by atoms with van der Waals surface area (Å²) in [4.78, 5) is 19.3. The standard InChI is InChI=1S/C17H21N5O3S/c1-13(23)20-14-2-4-16(5-3-14)26(24,25)22-10-7-15(8-11-22)21-17-6-9-18-12-19-17/h2-6,9,12,15H,7-8,10-11H2,1H3,(H,20,23)(H,18,19,21). The van der Waals surface area contributed by atoms with Gasteiger partial charge in [-0.3, -0.25) is 4.79 Å². The van der Waals surface area contributed by atoms with E-state index in [0.29, 0.717) is 31.6 Å². The summed E-state index contributed by atoms with van der Waals surface area (Å²) in [5.41, 5.74) is 0.573. The van der Waals surface area contributed by atoms with E-state index >= 15 is 0 Å². The third kappa shape index (κ3) is 4.36. The number of anilines is 2. The van der Waals surface area contributed by atoms with Crippen molar-refractivity contribution in [3.05, 3.63) is 42.9 Å². The zero-order valence-electron chi connectivity index (χ0n) is 14.4. The molecule has 9 heteroatoms. The Balaban J connectivity index is 1.61. The Kier molecular flexibility index (Phi) is 5.48. The summed E-state index contributed by atoms with van der Waals surface area (Å²) < 4.78 is 27.1. The maximum absolute atomic E-state index is 12.8. The molecule has 2 heterocycles. The fourth-order valence-electron chi connectivity index (χ4n) is 2.89. The second-order valence-electron chi connectivity index (χ2n) is 6.12. The van der Waals surface area contributed by atoms with E-state index in [0.717, 1.165) is 5.82 Å². The highest BCUT2D eigenvalue weighted by Crippen LogP contribution is 2.23. The summed E-state index contributed by atoms with van der Waals surface area (Å²) >= 11 is 0. The Labute approximate surface area is 152 Å². The van der Waals surface area contributed by atoms with Gasteiger partial charge in [-0.25, -0.2) is 18.4 Å². The summed E-state index contributed by atoms with van der Waals surface area (Å²) in [5, 5.41) is 5.93. The van der Waals surface area contributed by atoms with Crippen LogP contribution in [0.2, 0.25) is 0 Å².